The summed E-state index contributed by atoms with van der Waals surface area (Å²) < 4.78 is 0. The maximum atomic E-state index is 11.9. The predicted molar refractivity (Wildman–Crippen MR) is 88.6 cm³/mol. The Kier molecular flexibility index (Phi) is 5.55. The largest absolute Gasteiger partial charge is 0.376 e. The SMILES string of the molecule is CN(C)c1cnnc(NCCNC(=O)c2ccc(Cl)cc2)c1. The summed E-state index contributed by atoms with van der Waals surface area (Å²) in [7, 11) is 3.88. The second kappa shape index (κ2) is 7.61. The first kappa shape index (κ1) is 16.0. The Morgan fingerprint density at radius 1 is 1.23 bits per heavy atom. The normalized spacial score (nSPS) is 10.1. The van der Waals surface area contributed by atoms with Crippen molar-refractivity contribution >= 4 is 29.0 Å². The standard InChI is InChI=1S/C15H18ClN5O/c1-21(2)13-9-14(20-19-10-13)17-7-8-18-15(22)11-3-5-12(16)6-4-11/h3-6,9-10H,7-8H2,1-2H3,(H,17,20)(H,18,22). The predicted octanol–water partition coefficient (Wildman–Crippen LogP) is 2.04. The Bertz CT molecular complexity index is 630. The zero-order valence-electron chi connectivity index (χ0n) is 12.5. The van der Waals surface area contributed by atoms with Crippen molar-refractivity contribution < 1.29 is 4.79 Å². The minimum absolute atomic E-state index is 0.133. The van der Waals surface area contributed by atoms with Crippen LogP contribution >= 0.6 is 11.6 Å². The van der Waals surface area contributed by atoms with Gasteiger partial charge in [-0.2, -0.15) is 5.10 Å². The van der Waals surface area contributed by atoms with Crippen molar-refractivity contribution in [1.29, 1.82) is 0 Å². The van der Waals surface area contributed by atoms with Crippen molar-refractivity contribution in [2.75, 3.05) is 37.4 Å². The Hall–Kier alpha value is -2.34. The van der Waals surface area contributed by atoms with Crippen molar-refractivity contribution in [1.82, 2.24) is 15.5 Å². The van der Waals surface area contributed by atoms with E-state index in [1.165, 1.54) is 0 Å². The number of anilines is 2. The van der Waals surface area contributed by atoms with Crippen LogP contribution in [0.4, 0.5) is 11.5 Å². The number of carbonyl (C=O) groups is 1. The molecule has 2 N–H and O–H groups in total. The molecule has 0 aliphatic carbocycles. The van der Waals surface area contributed by atoms with Gasteiger partial charge in [0.05, 0.1) is 11.9 Å². The molecule has 0 saturated carbocycles. The topological polar surface area (TPSA) is 70.2 Å². The first-order valence-electron chi connectivity index (χ1n) is 6.84. The summed E-state index contributed by atoms with van der Waals surface area (Å²) in [5.74, 6) is 0.540. The number of amides is 1. The summed E-state index contributed by atoms with van der Waals surface area (Å²) in [5, 5.41) is 14.5. The lowest BCUT2D eigenvalue weighted by Gasteiger charge is -2.13. The molecule has 0 aliphatic rings. The van der Waals surface area contributed by atoms with Crippen LogP contribution in [0.2, 0.25) is 5.02 Å². The quantitative estimate of drug-likeness (QED) is 0.797. The zero-order chi connectivity index (χ0) is 15.9. The molecule has 0 aliphatic heterocycles. The fourth-order valence-electron chi connectivity index (χ4n) is 1.76. The maximum Gasteiger partial charge on any atom is 0.251 e. The molecule has 1 amide bonds. The van der Waals surface area contributed by atoms with E-state index in [1.54, 1.807) is 30.5 Å². The van der Waals surface area contributed by atoms with Gasteiger partial charge in [0.1, 0.15) is 0 Å². The van der Waals surface area contributed by atoms with Gasteiger partial charge in [-0.1, -0.05) is 11.6 Å². The Morgan fingerprint density at radius 3 is 2.64 bits per heavy atom. The molecule has 1 aromatic heterocycles. The van der Waals surface area contributed by atoms with E-state index in [4.69, 9.17) is 11.6 Å². The molecule has 0 bridgehead atoms. The molecule has 116 valence electrons. The van der Waals surface area contributed by atoms with Crippen molar-refractivity contribution in [2.24, 2.45) is 0 Å². The van der Waals surface area contributed by atoms with Gasteiger partial charge in [0.15, 0.2) is 5.82 Å². The monoisotopic (exact) mass is 319 g/mol. The van der Waals surface area contributed by atoms with Crippen LogP contribution in [-0.4, -0.2) is 43.3 Å². The summed E-state index contributed by atoms with van der Waals surface area (Å²) >= 11 is 5.79. The average molecular weight is 320 g/mol. The van der Waals surface area contributed by atoms with Gasteiger partial charge in [0.2, 0.25) is 0 Å². The van der Waals surface area contributed by atoms with Crippen molar-refractivity contribution in [3.8, 4) is 0 Å². The van der Waals surface area contributed by atoms with Crippen LogP contribution in [0.15, 0.2) is 36.5 Å². The summed E-state index contributed by atoms with van der Waals surface area (Å²) in [5.41, 5.74) is 1.54. The van der Waals surface area contributed by atoms with Crippen LogP contribution in [-0.2, 0) is 0 Å². The fourth-order valence-corrected chi connectivity index (χ4v) is 1.88. The van der Waals surface area contributed by atoms with E-state index in [2.05, 4.69) is 20.8 Å². The van der Waals surface area contributed by atoms with E-state index < -0.39 is 0 Å². The number of rotatable bonds is 6. The third-order valence-electron chi connectivity index (χ3n) is 2.98. The zero-order valence-corrected chi connectivity index (χ0v) is 13.3. The van der Waals surface area contributed by atoms with Crippen molar-refractivity contribution in [3.05, 3.63) is 47.1 Å². The van der Waals surface area contributed by atoms with E-state index in [0.29, 0.717) is 29.5 Å². The average Bonchev–Trinajstić information content (AvgIpc) is 2.52. The van der Waals surface area contributed by atoms with Crippen LogP contribution in [0.3, 0.4) is 0 Å². The number of nitrogens with zero attached hydrogens (tertiary/aromatic N) is 3. The van der Waals surface area contributed by atoms with Gasteiger partial charge in [-0.15, -0.1) is 5.10 Å². The van der Waals surface area contributed by atoms with Gasteiger partial charge in [-0.25, -0.2) is 0 Å². The number of benzene rings is 1. The molecule has 0 fully saturated rings. The first-order chi connectivity index (χ1) is 10.6. The number of aromatic nitrogens is 2. The highest BCUT2D eigenvalue weighted by molar-refractivity contribution is 6.30. The van der Waals surface area contributed by atoms with Crippen LogP contribution in [0.1, 0.15) is 10.4 Å². The number of nitrogens with one attached hydrogen (secondary N) is 2. The molecular weight excluding hydrogens is 302 g/mol. The minimum atomic E-state index is -0.133. The van der Waals surface area contributed by atoms with Crippen LogP contribution in [0.5, 0.6) is 0 Å². The van der Waals surface area contributed by atoms with Crippen molar-refractivity contribution in [2.45, 2.75) is 0 Å². The lowest BCUT2D eigenvalue weighted by atomic mass is 10.2. The summed E-state index contributed by atoms with van der Waals surface area (Å²) in [6.07, 6.45) is 1.69. The number of halogens is 1. The highest BCUT2D eigenvalue weighted by Gasteiger charge is 2.04. The second-order valence-electron chi connectivity index (χ2n) is 4.88. The molecule has 0 unspecified atom stereocenters. The lowest BCUT2D eigenvalue weighted by Crippen LogP contribution is -2.28. The Labute approximate surface area is 134 Å². The molecular formula is C15H18ClN5O. The smallest absolute Gasteiger partial charge is 0.251 e. The second-order valence-corrected chi connectivity index (χ2v) is 5.32. The van der Waals surface area contributed by atoms with Gasteiger partial charge in [0.25, 0.3) is 5.91 Å². The van der Waals surface area contributed by atoms with E-state index in [9.17, 15) is 4.79 Å². The fraction of sp³-hybridized carbons (Fsp3) is 0.267. The lowest BCUT2D eigenvalue weighted by molar-refractivity contribution is 0.0955. The first-order valence-corrected chi connectivity index (χ1v) is 7.22. The van der Waals surface area contributed by atoms with Gasteiger partial charge >= 0.3 is 0 Å². The number of carbonyl (C=O) groups excluding carboxylic acids is 1. The molecule has 0 atom stereocenters. The van der Waals surface area contributed by atoms with E-state index in [1.807, 2.05) is 25.1 Å². The molecule has 0 saturated heterocycles. The molecule has 7 heteroatoms. The van der Waals surface area contributed by atoms with Crippen LogP contribution < -0.4 is 15.5 Å². The third kappa shape index (κ3) is 4.60. The third-order valence-corrected chi connectivity index (χ3v) is 3.23. The highest BCUT2D eigenvalue weighted by atomic mass is 35.5. The summed E-state index contributed by atoms with van der Waals surface area (Å²) in [4.78, 5) is 13.8. The number of hydrogen-bond acceptors (Lipinski definition) is 5. The van der Waals surface area contributed by atoms with Crippen LogP contribution in [0, 0.1) is 0 Å². The molecule has 1 aromatic carbocycles. The van der Waals surface area contributed by atoms with E-state index in [-0.39, 0.29) is 5.91 Å². The van der Waals surface area contributed by atoms with Crippen LogP contribution in [0.25, 0.3) is 0 Å². The van der Waals surface area contributed by atoms with Gasteiger partial charge < -0.3 is 15.5 Å². The molecule has 0 spiro atoms. The maximum absolute atomic E-state index is 11.9. The van der Waals surface area contributed by atoms with Gasteiger partial charge in [0, 0.05) is 43.8 Å². The Balaban J connectivity index is 1.78. The van der Waals surface area contributed by atoms with E-state index in [0.717, 1.165) is 5.69 Å². The Morgan fingerprint density at radius 2 is 1.95 bits per heavy atom. The molecule has 0 radical (unpaired) electrons. The molecule has 22 heavy (non-hydrogen) atoms. The molecule has 1 heterocycles. The van der Waals surface area contributed by atoms with Gasteiger partial charge in [-0.05, 0) is 24.3 Å². The van der Waals surface area contributed by atoms with Crippen molar-refractivity contribution in [3.63, 3.8) is 0 Å². The van der Waals surface area contributed by atoms with Gasteiger partial charge in [-0.3, -0.25) is 4.79 Å². The minimum Gasteiger partial charge on any atom is -0.376 e. The molecule has 2 aromatic rings. The summed E-state index contributed by atoms with van der Waals surface area (Å²) in [6, 6.07) is 8.66. The summed E-state index contributed by atoms with van der Waals surface area (Å²) in [6.45, 7) is 1.04. The molecule has 2 rings (SSSR count). The number of hydrogen-bond donors (Lipinski definition) is 2. The molecule has 6 nitrogen and oxygen atoms in total. The van der Waals surface area contributed by atoms with E-state index >= 15 is 0 Å². The highest BCUT2D eigenvalue weighted by Crippen LogP contribution is 2.12.